The van der Waals surface area contributed by atoms with Gasteiger partial charge in [0.05, 0.1) is 17.8 Å². The van der Waals surface area contributed by atoms with E-state index in [2.05, 4.69) is 4.98 Å². The highest BCUT2D eigenvalue weighted by Gasteiger charge is 2.16. The van der Waals surface area contributed by atoms with Crippen LogP contribution in [-0.4, -0.2) is 16.7 Å². The van der Waals surface area contributed by atoms with Crippen LogP contribution < -0.4 is 4.74 Å². The molecule has 0 bridgehead atoms. The van der Waals surface area contributed by atoms with Gasteiger partial charge in [-0.25, -0.2) is 4.98 Å². The molecule has 0 amide bonds. The number of nitrogens with zero attached hydrogens (tertiary/aromatic N) is 1. The fourth-order valence-corrected chi connectivity index (χ4v) is 2.39. The molecule has 1 aromatic heterocycles. The number of para-hydroxylation sites is 2. The van der Waals surface area contributed by atoms with E-state index in [0.717, 1.165) is 16.5 Å². The maximum atomic E-state index is 10.6. The average molecular weight is 279 g/mol. The topological polar surface area (TPSA) is 42.4 Å². The van der Waals surface area contributed by atoms with Crippen molar-refractivity contribution in [2.24, 2.45) is 0 Å². The number of benzene rings is 2. The zero-order chi connectivity index (χ0) is 14.7. The lowest BCUT2D eigenvalue weighted by Gasteiger charge is -2.15. The van der Waals surface area contributed by atoms with Crippen LogP contribution in [-0.2, 0) is 0 Å². The standard InChI is InChI=1S/C18H17NO2/c1-2-21-17-10-6-4-8-14(17)18(20)16-12-11-13-7-3-5-9-15(13)19-16/h3-12,18,20H,2H2,1H3. The van der Waals surface area contributed by atoms with E-state index in [0.29, 0.717) is 18.1 Å². The second-order valence-electron chi connectivity index (χ2n) is 4.80. The van der Waals surface area contributed by atoms with Gasteiger partial charge in [-0.1, -0.05) is 42.5 Å². The van der Waals surface area contributed by atoms with Crippen LogP contribution in [0.2, 0.25) is 0 Å². The van der Waals surface area contributed by atoms with Gasteiger partial charge in [0.2, 0.25) is 0 Å². The summed E-state index contributed by atoms with van der Waals surface area (Å²) in [4.78, 5) is 4.55. The van der Waals surface area contributed by atoms with Gasteiger partial charge in [0.1, 0.15) is 11.9 Å². The van der Waals surface area contributed by atoms with Crippen LogP contribution >= 0.6 is 0 Å². The third-order valence-electron chi connectivity index (χ3n) is 3.41. The summed E-state index contributed by atoms with van der Waals surface area (Å²) < 4.78 is 5.58. The third kappa shape index (κ3) is 2.73. The Kier molecular flexibility index (Phi) is 3.84. The first-order chi connectivity index (χ1) is 10.3. The number of aromatic nitrogens is 1. The van der Waals surface area contributed by atoms with E-state index in [9.17, 15) is 5.11 Å². The third-order valence-corrected chi connectivity index (χ3v) is 3.41. The lowest BCUT2D eigenvalue weighted by atomic mass is 10.0. The second kappa shape index (κ2) is 5.94. The molecule has 1 heterocycles. The van der Waals surface area contributed by atoms with Crippen molar-refractivity contribution < 1.29 is 9.84 Å². The number of rotatable bonds is 4. The molecule has 1 atom stereocenters. The van der Waals surface area contributed by atoms with Crippen LogP contribution in [0.4, 0.5) is 0 Å². The molecule has 0 radical (unpaired) electrons. The number of aliphatic hydroxyl groups excluding tert-OH is 1. The minimum atomic E-state index is -0.794. The zero-order valence-corrected chi connectivity index (χ0v) is 11.9. The van der Waals surface area contributed by atoms with Gasteiger partial charge >= 0.3 is 0 Å². The number of fused-ring (bicyclic) bond motifs is 1. The zero-order valence-electron chi connectivity index (χ0n) is 11.9. The Hall–Kier alpha value is -2.39. The van der Waals surface area contributed by atoms with Crippen molar-refractivity contribution in [2.45, 2.75) is 13.0 Å². The quantitative estimate of drug-likeness (QED) is 0.791. The molecule has 0 aliphatic carbocycles. The molecule has 3 heteroatoms. The first-order valence-corrected chi connectivity index (χ1v) is 7.05. The Balaban J connectivity index is 2.02. The normalized spacial score (nSPS) is 12.3. The predicted molar refractivity (Wildman–Crippen MR) is 83.4 cm³/mol. The number of pyridine rings is 1. The van der Waals surface area contributed by atoms with Crippen LogP contribution in [0.3, 0.4) is 0 Å². The summed E-state index contributed by atoms with van der Waals surface area (Å²) in [7, 11) is 0. The van der Waals surface area contributed by atoms with Crippen LogP contribution in [0.5, 0.6) is 5.75 Å². The highest BCUT2D eigenvalue weighted by Crippen LogP contribution is 2.29. The fraction of sp³-hybridized carbons (Fsp3) is 0.167. The number of hydrogen-bond acceptors (Lipinski definition) is 3. The minimum Gasteiger partial charge on any atom is -0.493 e. The predicted octanol–water partition coefficient (Wildman–Crippen LogP) is 3.72. The molecule has 0 saturated carbocycles. The van der Waals surface area contributed by atoms with Crippen molar-refractivity contribution in [1.82, 2.24) is 4.98 Å². The van der Waals surface area contributed by atoms with Crippen LogP contribution in [0.1, 0.15) is 24.3 Å². The van der Waals surface area contributed by atoms with E-state index in [4.69, 9.17) is 4.74 Å². The molecule has 0 aliphatic rings. The van der Waals surface area contributed by atoms with Crippen molar-refractivity contribution in [2.75, 3.05) is 6.61 Å². The Morgan fingerprint density at radius 3 is 2.62 bits per heavy atom. The molecule has 3 aromatic rings. The van der Waals surface area contributed by atoms with E-state index in [1.54, 1.807) is 0 Å². The fourth-order valence-electron chi connectivity index (χ4n) is 2.39. The molecular weight excluding hydrogens is 262 g/mol. The van der Waals surface area contributed by atoms with Gasteiger partial charge in [-0.3, -0.25) is 0 Å². The maximum absolute atomic E-state index is 10.6. The van der Waals surface area contributed by atoms with Crippen molar-refractivity contribution in [3.63, 3.8) is 0 Å². The highest BCUT2D eigenvalue weighted by atomic mass is 16.5. The van der Waals surface area contributed by atoms with E-state index >= 15 is 0 Å². The summed E-state index contributed by atoms with van der Waals surface area (Å²) in [6.45, 7) is 2.49. The Bertz CT molecular complexity index is 755. The molecular formula is C18H17NO2. The lowest BCUT2D eigenvalue weighted by Crippen LogP contribution is -2.05. The summed E-state index contributed by atoms with van der Waals surface area (Å²) in [5.41, 5.74) is 2.24. The first-order valence-electron chi connectivity index (χ1n) is 7.05. The van der Waals surface area contributed by atoms with Crippen LogP contribution in [0.25, 0.3) is 10.9 Å². The van der Waals surface area contributed by atoms with Crippen molar-refractivity contribution in [1.29, 1.82) is 0 Å². The molecule has 2 aromatic carbocycles. The van der Waals surface area contributed by atoms with Crippen LogP contribution in [0, 0.1) is 0 Å². The van der Waals surface area contributed by atoms with Gasteiger partial charge < -0.3 is 9.84 Å². The summed E-state index contributed by atoms with van der Waals surface area (Å²) in [5.74, 6) is 0.697. The van der Waals surface area contributed by atoms with E-state index in [-0.39, 0.29) is 0 Å². The summed E-state index contributed by atoms with van der Waals surface area (Å²) in [5, 5.41) is 11.7. The highest BCUT2D eigenvalue weighted by molar-refractivity contribution is 5.78. The van der Waals surface area contributed by atoms with Crippen LogP contribution in [0.15, 0.2) is 60.7 Å². The largest absolute Gasteiger partial charge is 0.493 e. The Morgan fingerprint density at radius 1 is 1.00 bits per heavy atom. The molecule has 1 N–H and O–H groups in total. The summed E-state index contributed by atoms with van der Waals surface area (Å²) in [6, 6.07) is 19.2. The summed E-state index contributed by atoms with van der Waals surface area (Å²) >= 11 is 0. The van der Waals surface area contributed by atoms with Crippen molar-refractivity contribution in [3.05, 3.63) is 71.9 Å². The van der Waals surface area contributed by atoms with E-state index in [1.165, 1.54) is 0 Å². The van der Waals surface area contributed by atoms with E-state index < -0.39 is 6.10 Å². The SMILES string of the molecule is CCOc1ccccc1C(O)c1ccc2ccccc2n1. The molecule has 1 unspecified atom stereocenters. The van der Waals surface area contributed by atoms with Crippen molar-refractivity contribution >= 4 is 10.9 Å². The monoisotopic (exact) mass is 279 g/mol. The maximum Gasteiger partial charge on any atom is 0.125 e. The smallest absolute Gasteiger partial charge is 0.125 e. The molecule has 0 aliphatic heterocycles. The van der Waals surface area contributed by atoms with Gasteiger partial charge in [0.25, 0.3) is 0 Å². The Labute approximate surface area is 123 Å². The Morgan fingerprint density at radius 2 is 1.76 bits per heavy atom. The molecule has 3 rings (SSSR count). The molecule has 3 nitrogen and oxygen atoms in total. The van der Waals surface area contributed by atoms with Gasteiger partial charge in [-0.2, -0.15) is 0 Å². The number of aliphatic hydroxyl groups is 1. The summed E-state index contributed by atoms with van der Waals surface area (Å²) in [6.07, 6.45) is -0.794. The van der Waals surface area contributed by atoms with Gasteiger partial charge in [-0.05, 0) is 25.1 Å². The molecule has 0 saturated heterocycles. The van der Waals surface area contributed by atoms with Gasteiger partial charge in [0, 0.05) is 10.9 Å². The lowest BCUT2D eigenvalue weighted by molar-refractivity contribution is 0.207. The van der Waals surface area contributed by atoms with Crippen molar-refractivity contribution in [3.8, 4) is 5.75 Å². The number of hydrogen-bond donors (Lipinski definition) is 1. The molecule has 21 heavy (non-hydrogen) atoms. The molecule has 106 valence electrons. The van der Waals surface area contributed by atoms with Gasteiger partial charge in [0.15, 0.2) is 0 Å². The number of ether oxygens (including phenoxy) is 1. The van der Waals surface area contributed by atoms with Gasteiger partial charge in [-0.15, -0.1) is 0 Å². The second-order valence-corrected chi connectivity index (χ2v) is 4.80. The molecule has 0 fully saturated rings. The van der Waals surface area contributed by atoms with E-state index in [1.807, 2.05) is 67.6 Å². The minimum absolute atomic E-state index is 0.564. The molecule has 0 spiro atoms. The first kappa shape index (κ1) is 13.6. The average Bonchev–Trinajstić information content (AvgIpc) is 2.54.